The average molecular weight is 477 g/mol. The molecule has 1 aromatic heterocycles. The summed E-state index contributed by atoms with van der Waals surface area (Å²) in [5.74, 6) is -0.260. The number of carbonyl (C=O) groups is 1. The van der Waals surface area contributed by atoms with Gasteiger partial charge in [0, 0.05) is 33.2 Å². The Balaban J connectivity index is 1.73. The van der Waals surface area contributed by atoms with Gasteiger partial charge >= 0.3 is 5.69 Å². The van der Waals surface area contributed by atoms with Crippen molar-refractivity contribution in [2.75, 3.05) is 26.2 Å². The molecule has 180 valence electrons. The molecule has 0 aliphatic carbocycles. The highest BCUT2D eigenvalue weighted by atomic mass is 32.2. The Bertz CT molecular complexity index is 1250. The van der Waals surface area contributed by atoms with Crippen molar-refractivity contribution in [3.8, 4) is 0 Å². The zero-order valence-electron chi connectivity index (χ0n) is 19.2. The fraction of sp³-hybridized carbons (Fsp3) is 0.609. The van der Waals surface area contributed by atoms with Crippen LogP contribution in [0.15, 0.2) is 32.7 Å². The quantitative estimate of drug-likeness (QED) is 0.668. The minimum atomic E-state index is -3.75. The maximum Gasteiger partial charge on any atom is 0.331 e. The monoisotopic (exact) mass is 476 g/mol. The van der Waals surface area contributed by atoms with Crippen molar-refractivity contribution in [3.05, 3.63) is 39.0 Å². The number of likely N-dealkylation sites (tertiary alicyclic amines) is 1. The Morgan fingerprint density at radius 2 is 1.45 bits per heavy atom. The normalized spacial score (nSPS) is 18.8. The standard InChI is InChI=1S/C23H32N4O5S/c1-24-20-11-10-18(33(31,32)26-14-8-4-5-9-15-26)16-19(20)22(29)27(23(24)30)17-21(28)25-12-6-2-3-7-13-25/h10-11,16H,2-9,12-15,17H2,1H3. The van der Waals surface area contributed by atoms with Crippen LogP contribution in [0.25, 0.3) is 10.9 Å². The van der Waals surface area contributed by atoms with Gasteiger partial charge < -0.3 is 4.90 Å². The lowest BCUT2D eigenvalue weighted by atomic mass is 10.2. The van der Waals surface area contributed by atoms with Crippen LogP contribution < -0.4 is 11.2 Å². The molecule has 33 heavy (non-hydrogen) atoms. The molecule has 0 radical (unpaired) electrons. The summed E-state index contributed by atoms with van der Waals surface area (Å²) in [5, 5.41) is 0.122. The molecule has 2 aromatic rings. The van der Waals surface area contributed by atoms with E-state index in [-0.39, 0.29) is 22.7 Å². The molecule has 2 fully saturated rings. The maximum absolute atomic E-state index is 13.3. The Kier molecular flexibility index (Phi) is 7.04. The second kappa shape index (κ2) is 9.80. The van der Waals surface area contributed by atoms with E-state index in [1.807, 2.05) is 0 Å². The van der Waals surface area contributed by atoms with Crippen molar-refractivity contribution in [1.29, 1.82) is 0 Å². The van der Waals surface area contributed by atoms with Crippen LogP contribution in [0, 0.1) is 0 Å². The van der Waals surface area contributed by atoms with Crippen molar-refractivity contribution >= 4 is 26.8 Å². The lowest BCUT2D eigenvalue weighted by molar-refractivity contribution is -0.131. The van der Waals surface area contributed by atoms with E-state index in [2.05, 4.69) is 0 Å². The number of benzene rings is 1. The summed E-state index contributed by atoms with van der Waals surface area (Å²) in [6, 6.07) is 4.31. The van der Waals surface area contributed by atoms with Crippen molar-refractivity contribution in [1.82, 2.24) is 18.3 Å². The SMILES string of the molecule is Cn1c(=O)n(CC(=O)N2CCCCCC2)c(=O)c2cc(S(=O)(=O)N3CCCCCC3)ccc21. The van der Waals surface area contributed by atoms with Gasteiger partial charge in [0.25, 0.3) is 5.56 Å². The molecule has 0 saturated carbocycles. The molecule has 4 rings (SSSR count). The summed E-state index contributed by atoms with van der Waals surface area (Å²) in [7, 11) is -2.22. The second-order valence-electron chi connectivity index (χ2n) is 9.03. The number of hydrogen-bond acceptors (Lipinski definition) is 5. The number of aryl methyl sites for hydroxylation is 1. The van der Waals surface area contributed by atoms with Crippen LogP contribution >= 0.6 is 0 Å². The topological polar surface area (TPSA) is 102 Å². The highest BCUT2D eigenvalue weighted by Crippen LogP contribution is 2.22. The Hall–Kier alpha value is -2.46. The van der Waals surface area contributed by atoms with Crippen molar-refractivity contribution in [2.45, 2.75) is 62.8 Å². The van der Waals surface area contributed by atoms with Gasteiger partial charge in [0.05, 0.1) is 15.8 Å². The molecule has 3 heterocycles. The fourth-order valence-corrected chi connectivity index (χ4v) is 6.33. The minimum absolute atomic E-state index is 0.0399. The second-order valence-corrected chi connectivity index (χ2v) is 11.0. The van der Waals surface area contributed by atoms with Gasteiger partial charge in [0.2, 0.25) is 15.9 Å². The third-order valence-corrected chi connectivity index (χ3v) is 8.67. The van der Waals surface area contributed by atoms with Crippen LogP contribution in [-0.2, 0) is 28.4 Å². The first kappa shape index (κ1) is 23.7. The van der Waals surface area contributed by atoms with Crippen LogP contribution in [0.3, 0.4) is 0 Å². The number of amides is 1. The molecule has 2 aliphatic heterocycles. The third kappa shape index (κ3) is 4.77. The molecule has 9 nitrogen and oxygen atoms in total. The van der Waals surface area contributed by atoms with Gasteiger partial charge in [-0.2, -0.15) is 4.31 Å². The summed E-state index contributed by atoms with van der Waals surface area (Å²) in [6.45, 7) is 1.83. The molecule has 0 N–H and O–H groups in total. The van der Waals surface area contributed by atoms with E-state index < -0.39 is 21.3 Å². The van der Waals surface area contributed by atoms with E-state index in [4.69, 9.17) is 0 Å². The van der Waals surface area contributed by atoms with E-state index in [9.17, 15) is 22.8 Å². The number of fused-ring (bicyclic) bond motifs is 1. The zero-order valence-corrected chi connectivity index (χ0v) is 20.0. The van der Waals surface area contributed by atoms with Gasteiger partial charge in [-0.25, -0.2) is 13.2 Å². The van der Waals surface area contributed by atoms with Crippen LogP contribution in [0.5, 0.6) is 0 Å². The molecule has 2 saturated heterocycles. The van der Waals surface area contributed by atoms with Gasteiger partial charge in [0.1, 0.15) is 6.54 Å². The van der Waals surface area contributed by atoms with E-state index in [0.29, 0.717) is 31.7 Å². The van der Waals surface area contributed by atoms with Crippen molar-refractivity contribution < 1.29 is 13.2 Å². The van der Waals surface area contributed by atoms with Crippen LogP contribution in [0.1, 0.15) is 51.4 Å². The Labute approximate surface area is 193 Å². The molecular weight excluding hydrogens is 444 g/mol. The largest absolute Gasteiger partial charge is 0.341 e. The number of hydrogen-bond donors (Lipinski definition) is 0. The number of aromatic nitrogens is 2. The summed E-state index contributed by atoms with van der Waals surface area (Å²) in [6.07, 6.45) is 7.58. The Morgan fingerprint density at radius 3 is 2.06 bits per heavy atom. The zero-order chi connectivity index (χ0) is 23.6. The summed E-state index contributed by atoms with van der Waals surface area (Å²) in [4.78, 5) is 40.8. The molecule has 0 bridgehead atoms. The number of sulfonamides is 1. The van der Waals surface area contributed by atoms with Gasteiger partial charge in [-0.05, 0) is 43.9 Å². The van der Waals surface area contributed by atoms with E-state index in [1.54, 1.807) is 4.90 Å². The predicted molar refractivity (Wildman–Crippen MR) is 126 cm³/mol. The van der Waals surface area contributed by atoms with Gasteiger partial charge in [-0.1, -0.05) is 25.7 Å². The van der Waals surface area contributed by atoms with Crippen LogP contribution in [0.2, 0.25) is 0 Å². The molecule has 0 unspecified atom stereocenters. The third-order valence-electron chi connectivity index (χ3n) is 6.78. The average Bonchev–Trinajstić information content (AvgIpc) is 3.26. The van der Waals surface area contributed by atoms with Crippen molar-refractivity contribution in [3.63, 3.8) is 0 Å². The van der Waals surface area contributed by atoms with Gasteiger partial charge in [-0.3, -0.25) is 18.7 Å². The van der Waals surface area contributed by atoms with E-state index >= 15 is 0 Å². The lowest BCUT2D eigenvalue weighted by Gasteiger charge is -2.21. The van der Waals surface area contributed by atoms with E-state index in [0.717, 1.165) is 55.9 Å². The molecule has 0 spiro atoms. The fourth-order valence-electron chi connectivity index (χ4n) is 4.78. The molecule has 1 amide bonds. The minimum Gasteiger partial charge on any atom is -0.341 e. The maximum atomic E-state index is 13.3. The van der Waals surface area contributed by atoms with Gasteiger partial charge in [0.15, 0.2) is 0 Å². The number of rotatable bonds is 4. The van der Waals surface area contributed by atoms with Crippen LogP contribution in [0.4, 0.5) is 0 Å². The number of carbonyl (C=O) groups excluding carboxylic acids is 1. The molecule has 2 aliphatic rings. The molecular formula is C23H32N4O5S. The first-order valence-electron chi connectivity index (χ1n) is 11.8. The van der Waals surface area contributed by atoms with Gasteiger partial charge in [-0.15, -0.1) is 0 Å². The Morgan fingerprint density at radius 1 is 0.879 bits per heavy atom. The molecule has 0 atom stereocenters. The first-order valence-corrected chi connectivity index (χ1v) is 13.3. The van der Waals surface area contributed by atoms with Crippen LogP contribution in [-0.4, -0.2) is 58.8 Å². The smallest absolute Gasteiger partial charge is 0.331 e. The number of nitrogens with zero attached hydrogens (tertiary/aromatic N) is 4. The first-order chi connectivity index (χ1) is 15.8. The molecule has 10 heteroatoms. The highest BCUT2D eigenvalue weighted by molar-refractivity contribution is 7.89. The predicted octanol–water partition coefficient (Wildman–Crippen LogP) is 1.67. The molecule has 1 aromatic carbocycles. The highest BCUT2D eigenvalue weighted by Gasteiger charge is 2.26. The van der Waals surface area contributed by atoms with E-state index in [1.165, 1.54) is 34.1 Å². The lowest BCUT2D eigenvalue weighted by Crippen LogP contribution is -2.44. The van der Waals surface area contributed by atoms with Crippen molar-refractivity contribution in [2.24, 2.45) is 7.05 Å². The summed E-state index contributed by atoms with van der Waals surface area (Å²) >= 11 is 0. The summed E-state index contributed by atoms with van der Waals surface area (Å²) < 4.78 is 30.2. The summed E-state index contributed by atoms with van der Waals surface area (Å²) in [5.41, 5.74) is -0.874.